The molecular weight excluding hydrogens is 330 g/mol. The van der Waals surface area contributed by atoms with E-state index in [1.165, 1.54) is 17.7 Å². The molecule has 1 aliphatic heterocycles. The molecular formula is C21H34NO4+. The maximum atomic E-state index is 12.7. The van der Waals surface area contributed by atoms with Gasteiger partial charge in [-0.25, -0.2) is 0 Å². The molecule has 4 aliphatic rings. The number of fused-ring (bicyclic) bond motifs is 2. The summed E-state index contributed by atoms with van der Waals surface area (Å²) in [6, 6.07) is 0. The highest BCUT2D eigenvalue weighted by Crippen LogP contribution is 2.80. The predicted molar refractivity (Wildman–Crippen MR) is 96.4 cm³/mol. The number of carbonyl (C=O) groups is 2. The fraction of sp³-hybridized carbons (Fsp3) is 0.905. The number of ether oxygens (including phenoxy) is 2. The first kappa shape index (κ1) is 18.3. The van der Waals surface area contributed by atoms with E-state index in [2.05, 4.69) is 27.9 Å². The average molecular weight is 365 g/mol. The van der Waals surface area contributed by atoms with Gasteiger partial charge < -0.3 is 14.4 Å². The summed E-state index contributed by atoms with van der Waals surface area (Å²) in [5.74, 6) is 0.230. The predicted octanol–water partition coefficient (Wildman–Crippen LogP) is 1.60. The van der Waals surface area contributed by atoms with Crippen LogP contribution in [-0.4, -0.2) is 44.3 Å². The van der Waals surface area contributed by atoms with Crippen molar-refractivity contribution in [2.75, 3.05) is 20.6 Å². The molecule has 1 N–H and O–H groups in total. The van der Waals surface area contributed by atoms with Crippen molar-refractivity contribution in [3.8, 4) is 0 Å². The number of hydrogen-bond donors (Lipinski definition) is 1. The van der Waals surface area contributed by atoms with Gasteiger partial charge in [-0.3, -0.25) is 9.59 Å². The molecule has 4 rings (SSSR count). The molecule has 3 aliphatic carbocycles. The van der Waals surface area contributed by atoms with Crippen LogP contribution in [-0.2, 0) is 19.1 Å². The van der Waals surface area contributed by atoms with Crippen molar-refractivity contribution in [1.82, 2.24) is 0 Å². The van der Waals surface area contributed by atoms with E-state index in [1.807, 2.05) is 6.92 Å². The van der Waals surface area contributed by atoms with Crippen LogP contribution in [0.15, 0.2) is 0 Å². The maximum Gasteiger partial charge on any atom is 0.315 e. The number of rotatable bonds is 4. The Bertz CT molecular complexity index is 634. The molecule has 4 fully saturated rings. The van der Waals surface area contributed by atoms with E-state index in [4.69, 9.17) is 9.47 Å². The fourth-order valence-electron chi connectivity index (χ4n) is 6.89. The molecule has 0 aromatic carbocycles. The minimum atomic E-state index is -0.502. The molecule has 7 atom stereocenters. The lowest BCUT2D eigenvalue weighted by Gasteiger charge is -2.39. The first-order valence-electron chi connectivity index (χ1n) is 10.4. The molecule has 1 saturated heterocycles. The number of hydrogen-bond acceptors (Lipinski definition) is 4. The topological polar surface area (TPSA) is 57.0 Å². The van der Waals surface area contributed by atoms with Gasteiger partial charge in [0, 0.05) is 18.3 Å². The average Bonchev–Trinajstić information content (AvgIpc) is 2.92. The van der Waals surface area contributed by atoms with Crippen molar-refractivity contribution in [3.05, 3.63) is 0 Å². The summed E-state index contributed by atoms with van der Waals surface area (Å²) in [7, 11) is 4.20. The van der Waals surface area contributed by atoms with Crippen LogP contribution >= 0.6 is 0 Å². The van der Waals surface area contributed by atoms with Gasteiger partial charge in [-0.2, -0.15) is 0 Å². The highest BCUT2D eigenvalue weighted by atomic mass is 16.6. The Morgan fingerprint density at radius 3 is 2.65 bits per heavy atom. The third-order valence-corrected chi connectivity index (χ3v) is 8.22. The molecule has 1 heterocycles. The molecule has 5 nitrogen and oxygen atoms in total. The Hall–Kier alpha value is -1.10. The van der Waals surface area contributed by atoms with Gasteiger partial charge in [0.25, 0.3) is 0 Å². The number of nitrogens with one attached hydrogen (secondary N) is 1. The standard InChI is InChI=1S/C21H33NO4/c1-6-15(23)26-20(3)9-10-21-12-19(21,2)8-7-13-14(11-22(4)5)18(24)25-16(13)17(20)21/h13-14,16-17H,6-12H2,1-5H3/p+1/t13-,14-,16-,17-,19-,20+,21-/m0/s1. The van der Waals surface area contributed by atoms with Crippen molar-refractivity contribution in [3.63, 3.8) is 0 Å². The lowest BCUT2D eigenvalue weighted by Crippen LogP contribution is -3.06. The molecule has 0 bridgehead atoms. The second-order valence-electron chi connectivity index (χ2n) is 10.1. The van der Waals surface area contributed by atoms with Gasteiger partial charge >= 0.3 is 11.9 Å². The zero-order valence-corrected chi connectivity index (χ0v) is 16.9. The van der Waals surface area contributed by atoms with Gasteiger partial charge in [0.1, 0.15) is 17.6 Å². The van der Waals surface area contributed by atoms with Gasteiger partial charge in [-0.1, -0.05) is 13.8 Å². The molecule has 146 valence electrons. The Balaban J connectivity index is 1.70. The molecule has 0 aromatic heterocycles. The molecule has 26 heavy (non-hydrogen) atoms. The lowest BCUT2D eigenvalue weighted by atomic mass is 9.73. The summed E-state index contributed by atoms with van der Waals surface area (Å²) < 4.78 is 12.1. The van der Waals surface area contributed by atoms with Gasteiger partial charge in [-0.05, 0) is 49.9 Å². The molecule has 1 spiro atoms. The Morgan fingerprint density at radius 1 is 1.27 bits per heavy atom. The maximum absolute atomic E-state index is 12.7. The fourth-order valence-corrected chi connectivity index (χ4v) is 6.89. The largest absolute Gasteiger partial charge is 0.461 e. The molecule has 0 aromatic rings. The van der Waals surface area contributed by atoms with E-state index in [-0.39, 0.29) is 41.2 Å². The normalized spacial score (nSPS) is 49.1. The van der Waals surface area contributed by atoms with E-state index in [1.54, 1.807) is 0 Å². The second-order valence-corrected chi connectivity index (χ2v) is 10.1. The quantitative estimate of drug-likeness (QED) is 0.770. The first-order chi connectivity index (χ1) is 12.2. The molecule has 0 amide bonds. The van der Waals surface area contributed by atoms with Crippen LogP contribution < -0.4 is 4.90 Å². The van der Waals surface area contributed by atoms with Crippen molar-refractivity contribution in [2.24, 2.45) is 28.6 Å². The van der Waals surface area contributed by atoms with Crippen LogP contribution in [0.25, 0.3) is 0 Å². The second kappa shape index (κ2) is 5.70. The summed E-state index contributed by atoms with van der Waals surface area (Å²) in [4.78, 5) is 26.2. The summed E-state index contributed by atoms with van der Waals surface area (Å²) in [5.41, 5.74) is 0.00784. The summed E-state index contributed by atoms with van der Waals surface area (Å²) in [6.07, 6.45) is 5.70. The number of quaternary nitrogens is 1. The third-order valence-electron chi connectivity index (χ3n) is 8.22. The van der Waals surface area contributed by atoms with Crippen LogP contribution in [0.4, 0.5) is 0 Å². The highest BCUT2D eigenvalue weighted by Gasteiger charge is 2.78. The van der Waals surface area contributed by atoms with Gasteiger partial charge in [0.2, 0.25) is 0 Å². The van der Waals surface area contributed by atoms with Crippen LogP contribution in [0.3, 0.4) is 0 Å². The van der Waals surface area contributed by atoms with Crippen molar-refractivity contribution < 1.29 is 24.0 Å². The summed E-state index contributed by atoms with van der Waals surface area (Å²) >= 11 is 0. The third kappa shape index (κ3) is 2.38. The van der Waals surface area contributed by atoms with Crippen LogP contribution in [0.5, 0.6) is 0 Å². The zero-order valence-electron chi connectivity index (χ0n) is 16.9. The smallest absolute Gasteiger partial charge is 0.315 e. The van der Waals surface area contributed by atoms with Crippen molar-refractivity contribution >= 4 is 11.9 Å². The Kier molecular flexibility index (Phi) is 4.00. The molecule has 5 heteroatoms. The zero-order chi connectivity index (χ0) is 18.9. The first-order valence-corrected chi connectivity index (χ1v) is 10.4. The summed E-state index contributed by atoms with van der Waals surface area (Å²) in [6.45, 7) is 7.17. The molecule has 3 saturated carbocycles. The Labute approximate surface area is 156 Å². The van der Waals surface area contributed by atoms with Crippen molar-refractivity contribution in [2.45, 2.75) is 71.0 Å². The van der Waals surface area contributed by atoms with E-state index < -0.39 is 5.60 Å². The lowest BCUT2D eigenvalue weighted by molar-refractivity contribution is -0.861. The van der Waals surface area contributed by atoms with Gasteiger partial charge in [-0.15, -0.1) is 0 Å². The summed E-state index contributed by atoms with van der Waals surface area (Å²) in [5, 5.41) is 0. The molecule has 0 radical (unpaired) electrons. The monoisotopic (exact) mass is 364 g/mol. The van der Waals surface area contributed by atoms with Crippen LogP contribution in [0, 0.1) is 28.6 Å². The highest BCUT2D eigenvalue weighted by molar-refractivity contribution is 5.75. The van der Waals surface area contributed by atoms with Crippen LogP contribution in [0.1, 0.15) is 59.3 Å². The minimum Gasteiger partial charge on any atom is -0.461 e. The minimum absolute atomic E-state index is 0.0186. The van der Waals surface area contributed by atoms with E-state index in [9.17, 15) is 9.59 Å². The van der Waals surface area contributed by atoms with Crippen molar-refractivity contribution in [1.29, 1.82) is 0 Å². The SMILES string of the molecule is CCC(=O)O[C@]1(C)CC[C@@]23C[C@]2(C)CC[C@@H]2[C@H](OC(=O)[C@H]2C[NH+](C)C)[C@H]31. The molecule has 0 unspecified atom stereocenters. The number of esters is 2. The van der Waals surface area contributed by atoms with E-state index in [0.717, 1.165) is 25.8 Å². The van der Waals surface area contributed by atoms with E-state index >= 15 is 0 Å². The van der Waals surface area contributed by atoms with Gasteiger partial charge in [0.05, 0.1) is 20.6 Å². The van der Waals surface area contributed by atoms with Crippen LogP contribution in [0.2, 0.25) is 0 Å². The van der Waals surface area contributed by atoms with E-state index in [0.29, 0.717) is 11.8 Å². The van der Waals surface area contributed by atoms with Gasteiger partial charge in [0.15, 0.2) is 0 Å². The number of carbonyl (C=O) groups excluding carboxylic acids is 2. The Morgan fingerprint density at radius 2 is 2.00 bits per heavy atom.